The Labute approximate surface area is 91.3 Å². The summed E-state index contributed by atoms with van der Waals surface area (Å²) < 4.78 is 2.05. The van der Waals surface area contributed by atoms with Crippen molar-refractivity contribution in [1.82, 2.24) is 3.93 Å². The monoisotopic (exact) mass is 257 g/mol. The van der Waals surface area contributed by atoms with Crippen LogP contribution in [0.5, 0.6) is 11.5 Å². The first-order chi connectivity index (χ1) is 6.59. The minimum atomic E-state index is -0.0431. The van der Waals surface area contributed by atoms with Crippen LogP contribution in [0.4, 0.5) is 0 Å². The number of phenolic OH excluding ortho intramolecular Hbond substituents is 2. The molecule has 1 aromatic carbocycles. The Hall–Kier alpha value is -0.740. The van der Waals surface area contributed by atoms with Crippen LogP contribution in [0.15, 0.2) is 12.1 Å². The molecular formula is C10H12BrNO2. The second kappa shape index (κ2) is 3.44. The first-order valence-electron chi connectivity index (χ1n) is 4.56. The largest absolute Gasteiger partial charge is 0.504 e. The summed E-state index contributed by atoms with van der Waals surface area (Å²) in [6, 6.07) is 3.52. The predicted octanol–water partition coefficient (Wildman–Crippen LogP) is 2.33. The zero-order chi connectivity index (χ0) is 10.3. The average molecular weight is 258 g/mol. The van der Waals surface area contributed by atoms with Crippen LogP contribution >= 0.6 is 16.1 Å². The fourth-order valence-corrected chi connectivity index (χ4v) is 2.21. The number of halogens is 1. The number of rotatable bonds is 0. The summed E-state index contributed by atoms with van der Waals surface area (Å²) in [6.45, 7) is 2.97. The van der Waals surface area contributed by atoms with Gasteiger partial charge in [-0.05, 0) is 36.6 Å². The van der Waals surface area contributed by atoms with Crippen molar-refractivity contribution < 1.29 is 10.2 Å². The number of phenols is 2. The third-order valence-corrected chi connectivity index (χ3v) is 3.67. The molecule has 0 amide bonds. The Morgan fingerprint density at radius 2 is 2.00 bits per heavy atom. The van der Waals surface area contributed by atoms with Gasteiger partial charge in [-0.25, -0.2) is 3.93 Å². The van der Waals surface area contributed by atoms with E-state index in [0.29, 0.717) is 0 Å². The summed E-state index contributed by atoms with van der Waals surface area (Å²) >= 11 is 3.46. The lowest BCUT2D eigenvalue weighted by atomic mass is 9.95. The van der Waals surface area contributed by atoms with Crippen LogP contribution < -0.4 is 0 Å². The molecule has 0 saturated heterocycles. The van der Waals surface area contributed by atoms with Gasteiger partial charge in [-0.15, -0.1) is 0 Å². The van der Waals surface area contributed by atoms with E-state index >= 15 is 0 Å². The molecule has 0 fully saturated rings. The topological polar surface area (TPSA) is 43.7 Å². The summed E-state index contributed by atoms with van der Waals surface area (Å²) in [4.78, 5) is 0. The van der Waals surface area contributed by atoms with Crippen LogP contribution in [0.1, 0.15) is 24.1 Å². The van der Waals surface area contributed by atoms with E-state index in [0.717, 1.165) is 24.1 Å². The Morgan fingerprint density at radius 3 is 2.71 bits per heavy atom. The van der Waals surface area contributed by atoms with Crippen LogP contribution in [0.2, 0.25) is 0 Å². The molecule has 76 valence electrons. The van der Waals surface area contributed by atoms with Crippen LogP contribution in [-0.2, 0) is 6.42 Å². The Kier molecular flexibility index (Phi) is 2.41. The van der Waals surface area contributed by atoms with Gasteiger partial charge >= 0.3 is 0 Å². The molecule has 0 aliphatic carbocycles. The van der Waals surface area contributed by atoms with Gasteiger partial charge in [0.05, 0.1) is 0 Å². The minimum absolute atomic E-state index is 0.0287. The predicted molar refractivity (Wildman–Crippen MR) is 57.5 cm³/mol. The SMILES string of the molecule is CC1c2cc(O)c(O)cc2CCN1Br. The number of fused-ring (bicyclic) bond motifs is 1. The maximum atomic E-state index is 9.40. The van der Waals surface area contributed by atoms with E-state index in [9.17, 15) is 10.2 Å². The highest BCUT2D eigenvalue weighted by atomic mass is 79.9. The molecule has 1 aliphatic rings. The molecule has 1 heterocycles. The second-order valence-corrected chi connectivity index (χ2v) is 4.50. The molecular weight excluding hydrogens is 246 g/mol. The highest BCUT2D eigenvalue weighted by Crippen LogP contribution is 2.37. The van der Waals surface area contributed by atoms with E-state index in [1.165, 1.54) is 0 Å². The van der Waals surface area contributed by atoms with E-state index in [4.69, 9.17) is 0 Å². The number of hydrogen-bond donors (Lipinski definition) is 2. The summed E-state index contributed by atoms with van der Waals surface area (Å²) in [6.07, 6.45) is 0.888. The fourth-order valence-electron chi connectivity index (χ4n) is 1.81. The van der Waals surface area contributed by atoms with Gasteiger partial charge in [-0.3, -0.25) is 0 Å². The molecule has 0 radical (unpaired) electrons. The lowest BCUT2D eigenvalue weighted by Gasteiger charge is -2.30. The van der Waals surface area contributed by atoms with Gasteiger partial charge in [0.1, 0.15) is 0 Å². The molecule has 1 unspecified atom stereocenters. The molecule has 1 aromatic rings. The van der Waals surface area contributed by atoms with Gasteiger partial charge < -0.3 is 10.2 Å². The van der Waals surface area contributed by atoms with Crippen LogP contribution in [-0.4, -0.2) is 20.7 Å². The molecule has 0 aromatic heterocycles. The van der Waals surface area contributed by atoms with E-state index in [2.05, 4.69) is 23.1 Å². The lowest BCUT2D eigenvalue weighted by molar-refractivity contribution is 0.365. The first-order valence-corrected chi connectivity index (χ1v) is 5.27. The van der Waals surface area contributed by atoms with Crippen molar-refractivity contribution in [1.29, 1.82) is 0 Å². The van der Waals surface area contributed by atoms with Crippen LogP contribution in [0.3, 0.4) is 0 Å². The smallest absolute Gasteiger partial charge is 0.157 e. The summed E-state index contributed by atoms with van der Waals surface area (Å²) in [5.41, 5.74) is 2.19. The van der Waals surface area contributed by atoms with Gasteiger partial charge in [0.15, 0.2) is 11.5 Å². The van der Waals surface area contributed by atoms with E-state index < -0.39 is 0 Å². The van der Waals surface area contributed by atoms with Crippen molar-refractivity contribution >= 4 is 16.1 Å². The van der Waals surface area contributed by atoms with Crippen molar-refractivity contribution in [3.8, 4) is 11.5 Å². The molecule has 1 atom stereocenters. The normalized spacial score (nSPS) is 22.0. The fraction of sp³-hybridized carbons (Fsp3) is 0.400. The van der Waals surface area contributed by atoms with E-state index in [-0.39, 0.29) is 17.5 Å². The Bertz CT molecular complexity index is 367. The maximum absolute atomic E-state index is 9.40. The van der Waals surface area contributed by atoms with Gasteiger partial charge in [0, 0.05) is 28.7 Å². The molecule has 14 heavy (non-hydrogen) atoms. The Balaban J connectivity index is 2.50. The van der Waals surface area contributed by atoms with Crippen molar-refractivity contribution in [3.05, 3.63) is 23.3 Å². The summed E-state index contributed by atoms with van der Waals surface area (Å²) in [5.74, 6) is -0.0719. The average Bonchev–Trinajstić information content (AvgIpc) is 2.15. The lowest BCUT2D eigenvalue weighted by Crippen LogP contribution is -2.25. The van der Waals surface area contributed by atoms with Crippen molar-refractivity contribution in [3.63, 3.8) is 0 Å². The highest BCUT2D eigenvalue weighted by Gasteiger charge is 2.23. The standard InChI is InChI=1S/C10H12BrNO2/c1-6-8-5-10(14)9(13)4-7(8)2-3-12(6)11/h4-6,13-14H,2-3H2,1H3. The summed E-state index contributed by atoms with van der Waals surface area (Å²) in [7, 11) is 0. The van der Waals surface area contributed by atoms with Crippen molar-refractivity contribution in [2.24, 2.45) is 0 Å². The molecule has 0 saturated carbocycles. The third-order valence-electron chi connectivity index (χ3n) is 2.70. The first kappa shape index (κ1) is 9.80. The van der Waals surface area contributed by atoms with Crippen LogP contribution in [0.25, 0.3) is 0 Å². The van der Waals surface area contributed by atoms with Crippen molar-refractivity contribution in [2.75, 3.05) is 6.54 Å². The highest BCUT2D eigenvalue weighted by molar-refractivity contribution is 9.07. The molecule has 4 heteroatoms. The van der Waals surface area contributed by atoms with Crippen molar-refractivity contribution in [2.45, 2.75) is 19.4 Å². The van der Waals surface area contributed by atoms with Gasteiger partial charge in [0.2, 0.25) is 0 Å². The zero-order valence-electron chi connectivity index (χ0n) is 7.87. The van der Waals surface area contributed by atoms with E-state index in [1.807, 2.05) is 3.93 Å². The second-order valence-electron chi connectivity index (χ2n) is 3.59. The molecule has 0 spiro atoms. The number of aromatic hydroxyl groups is 2. The minimum Gasteiger partial charge on any atom is -0.504 e. The van der Waals surface area contributed by atoms with E-state index in [1.54, 1.807) is 12.1 Å². The molecule has 3 nitrogen and oxygen atoms in total. The summed E-state index contributed by atoms with van der Waals surface area (Å²) in [5, 5.41) is 18.7. The van der Waals surface area contributed by atoms with Crippen LogP contribution in [0, 0.1) is 0 Å². The van der Waals surface area contributed by atoms with Gasteiger partial charge in [-0.1, -0.05) is 0 Å². The quantitative estimate of drug-likeness (QED) is 0.554. The molecule has 2 N–H and O–H groups in total. The van der Waals surface area contributed by atoms with Gasteiger partial charge in [0.25, 0.3) is 0 Å². The zero-order valence-corrected chi connectivity index (χ0v) is 9.45. The number of hydrogen-bond acceptors (Lipinski definition) is 3. The number of benzene rings is 1. The van der Waals surface area contributed by atoms with Gasteiger partial charge in [-0.2, -0.15) is 0 Å². The maximum Gasteiger partial charge on any atom is 0.157 e. The number of nitrogens with zero attached hydrogens (tertiary/aromatic N) is 1. The third kappa shape index (κ3) is 1.48. The molecule has 1 aliphatic heterocycles. The Morgan fingerprint density at radius 1 is 1.36 bits per heavy atom. The molecule has 2 rings (SSSR count). The molecule has 0 bridgehead atoms.